The van der Waals surface area contributed by atoms with Gasteiger partial charge in [0.15, 0.2) is 5.69 Å². The van der Waals surface area contributed by atoms with Crippen LogP contribution in [0.3, 0.4) is 0 Å². The first-order valence-corrected chi connectivity index (χ1v) is 6.32. The highest BCUT2D eigenvalue weighted by molar-refractivity contribution is 6.05. The van der Waals surface area contributed by atoms with E-state index in [-0.39, 0.29) is 5.69 Å². The molecule has 0 aliphatic carbocycles. The van der Waals surface area contributed by atoms with E-state index in [0.717, 1.165) is 16.5 Å². The van der Waals surface area contributed by atoms with E-state index in [1.54, 1.807) is 4.57 Å². The maximum atomic E-state index is 11.5. The molecule has 3 rings (SSSR count). The first-order valence-electron chi connectivity index (χ1n) is 6.32. The molecule has 0 aliphatic heterocycles. The Balaban J connectivity index is 2.22. The number of aromatic nitrogens is 1. The second-order valence-electron chi connectivity index (χ2n) is 4.66. The molecule has 3 aromatic rings. The Morgan fingerprint density at radius 3 is 2.40 bits per heavy atom. The molecule has 0 atom stereocenters. The van der Waals surface area contributed by atoms with Crippen molar-refractivity contribution in [3.63, 3.8) is 0 Å². The first kappa shape index (κ1) is 12.3. The molecule has 0 amide bonds. The molecule has 0 aliphatic rings. The number of nitrogens with two attached hydrogens (primary N) is 1. The van der Waals surface area contributed by atoms with E-state index in [2.05, 4.69) is 0 Å². The zero-order valence-electron chi connectivity index (χ0n) is 10.8. The molecular weight excluding hydrogens is 252 g/mol. The monoisotopic (exact) mass is 266 g/mol. The smallest absolute Gasteiger partial charge is 0.354 e. The van der Waals surface area contributed by atoms with E-state index in [0.29, 0.717) is 12.2 Å². The summed E-state index contributed by atoms with van der Waals surface area (Å²) in [7, 11) is 0. The molecule has 0 unspecified atom stereocenters. The molecule has 100 valence electrons. The third-order valence-corrected chi connectivity index (χ3v) is 3.40. The quantitative estimate of drug-likeness (QED) is 0.765. The van der Waals surface area contributed by atoms with Crippen LogP contribution in [0.2, 0.25) is 0 Å². The lowest BCUT2D eigenvalue weighted by atomic mass is 10.2. The number of hydrogen-bond donors (Lipinski definition) is 2. The summed E-state index contributed by atoms with van der Waals surface area (Å²) >= 11 is 0. The minimum absolute atomic E-state index is 0.148. The molecule has 0 fully saturated rings. The van der Waals surface area contributed by atoms with Gasteiger partial charge in [-0.1, -0.05) is 48.5 Å². The maximum absolute atomic E-state index is 11.5. The molecule has 1 aromatic heterocycles. The molecule has 4 heteroatoms. The standard InChI is InChI=1S/C16H14N2O2/c17-14-12-8-4-5-9-13(12)18(15(14)16(19)20)10-11-6-2-1-3-7-11/h1-9H,10,17H2,(H,19,20). The highest BCUT2D eigenvalue weighted by atomic mass is 16.4. The van der Waals surface area contributed by atoms with Gasteiger partial charge in [-0.15, -0.1) is 0 Å². The van der Waals surface area contributed by atoms with Gasteiger partial charge in [0, 0.05) is 11.9 Å². The van der Waals surface area contributed by atoms with Crippen LogP contribution in [-0.4, -0.2) is 15.6 Å². The Bertz CT molecular complexity index is 776. The van der Waals surface area contributed by atoms with Crippen LogP contribution in [-0.2, 0) is 6.54 Å². The highest BCUT2D eigenvalue weighted by Crippen LogP contribution is 2.29. The van der Waals surface area contributed by atoms with Crippen molar-refractivity contribution >= 4 is 22.6 Å². The molecular formula is C16H14N2O2. The number of hydrogen-bond acceptors (Lipinski definition) is 2. The number of para-hydroxylation sites is 1. The number of carboxylic acids is 1. The third kappa shape index (κ3) is 1.91. The van der Waals surface area contributed by atoms with Gasteiger partial charge in [0.1, 0.15) is 0 Å². The topological polar surface area (TPSA) is 68.2 Å². The molecule has 1 heterocycles. The molecule has 0 saturated heterocycles. The van der Waals surface area contributed by atoms with Gasteiger partial charge in [0.05, 0.1) is 11.2 Å². The number of carbonyl (C=O) groups is 1. The van der Waals surface area contributed by atoms with Gasteiger partial charge in [0.2, 0.25) is 0 Å². The van der Waals surface area contributed by atoms with Crippen molar-refractivity contribution in [2.45, 2.75) is 6.54 Å². The molecule has 0 radical (unpaired) electrons. The number of carboxylic acid groups (broad SMARTS) is 1. The number of rotatable bonds is 3. The summed E-state index contributed by atoms with van der Waals surface area (Å²) in [5.74, 6) is -1.00. The van der Waals surface area contributed by atoms with Crippen molar-refractivity contribution in [3.8, 4) is 0 Å². The largest absolute Gasteiger partial charge is 0.477 e. The third-order valence-electron chi connectivity index (χ3n) is 3.40. The van der Waals surface area contributed by atoms with Crippen molar-refractivity contribution in [1.82, 2.24) is 4.57 Å². The Hall–Kier alpha value is -2.75. The molecule has 0 spiro atoms. The van der Waals surface area contributed by atoms with E-state index in [1.165, 1.54) is 0 Å². The fourth-order valence-electron chi connectivity index (χ4n) is 2.49. The van der Waals surface area contributed by atoms with Crippen LogP contribution in [0.4, 0.5) is 5.69 Å². The van der Waals surface area contributed by atoms with Crippen molar-refractivity contribution in [3.05, 3.63) is 65.9 Å². The number of aromatic carboxylic acids is 1. The van der Waals surface area contributed by atoms with E-state index in [4.69, 9.17) is 5.73 Å². The van der Waals surface area contributed by atoms with Crippen LogP contribution in [0.5, 0.6) is 0 Å². The molecule has 3 N–H and O–H groups in total. The van der Waals surface area contributed by atoms with Crippen LogP contribution in [0, 0.1) is 0 Å². The summed E-state index contributed by atoms with van der Waals surface area (Å²) in [6.07, 6.45) is 0. The summed E-state index contributed by atoms with van der Waals surface area (Å²) in [5, 5.41) is 10.2. The second kappa shape index (κ2) is 4.74. The highest BCUT2D eigenvalue weighted by Gasteiger charge is 2.20. The van der Waals surface area contributed by atoms with Crippen LogP contribution in [0.15, 0.2) is 54.6 Å². The molecule has 0 bridgehead atoms. The lowest BCUT2D eigenvalue weighted by Crippen LogP contribution is -2.11. The van der Waals surface area contributed by atoms with Crippen molar-refractivity contribution in [2.24, 2.45) is 0 Å². The fraction of sp³-hybridized carbons (Fsp3) is 0.0625. The number of nitrogens with zero attached hydrogens (tertiary/aromatic N) is 1. The van der Waals surface area contributed by atoms with Gasteiger partial charge in [-0.3, -0.25) is 0 Å². The predicted octanol–water partition coefficient (Wildman–Crippen LogP) is 2.97. The minimum atomic E-state index is -1.00. The average Bonchev–Trinajstić information content (AvgIpc) is 2.74. The van der Waals surface area contributed by atoms with Crippen molar-refractivity contribution < 1.29 is 9.90 Å². The predicted molar refractivity (Wildman–Crippen MR) is 78.9 cm³/mol. The summed E-state index contributed by atoms with van der Waals surface area (Å²) in [6.45, 7) is 0.486. The Kier molecular flexibility index (Phi) is 2.91. The van der Waals surface area contributed by atoms with Crippen LogP contribution >= 0.6 is 0 Å². The number of benzene rings is 2. The van der Waals surface area contributed by atoms with E-state index >= 15 is 0 Å². The van der Waals surface area contributed by atoms with Crippen LogP contribution in [0.1, 0.15) is 16.1 Å². The minimum Gasteiger partial charge on any atom is -0.477 e. The number of anilines is 1. The van der Waals surface area contributed by atoms with Gasteiger partial charge < -0.3 is 15.4 Å². The fourth-order valence-corrected chi connectivity index (χ4v) is 2.49. The SMILES string of the molecule is Nc1c(C(=O)O)n(Cc2ccccc2)c2ccccc12. The lowest BCUT2D eigenvalue weighted by Gasteiger charge is -2.08. The zero-order chi connectivity index (χ0) is 14.1. The summed E-state index contributed by atoms with van der Waals surface area (Å²) < 4.78 is 1.75. The van der Waals surface area contributed by atoms with Gasteiger partial charge in [-0.05, 0) is 11.6 Å². The summed E-state index contributed by atoms with van der Waals surface area (Å²) in [4.78, 5) is 11.5. The number of fused-ring (bicyclic) bond motifs is 1. The lowest BCUT2D eigenvalue weighted by molar-refractivity contribution is 0.0687. The average molecular weight is 266 g/mol. The zero-order valence-corrected chi connectivity index (χ0v) is 10.8. The van der Waals surface area contributed by atoms with Gasteiger partial charge in [-0.2, -0.15) is 0 Å². The number of nitrogen functional groups attached to an aromatic ring is 1. The molecule has 4 nitrogen and oxygen atoms in total. The Labute approximate surface area is 116 Å². The Morgan fingerprint density at radius 1 is 1.05 bits per heavy atom. The molecule has 2 aromatic carbocycles. The molecule has 20 heavy (non-hydrogen) atoms. The second-order valence-corrected chi connectivity index (χ2v) is 4.66. The van der Waals surface area contributed by atoms with Crippen LogP contribution < -0.4 is 5.73 Å². The summed E-state index contributed by atoms with van der Waals surface area (Å²) in [5.41, 5.74) is 8.34. The first-order chi connectivity index (χ1) is 9.68. The van der Waals surface area contributed by atoms with Crippen molar-refractivity contribution in [2.75, 3.05) is 5.73 Å². The van der Waals surface area contributed by atoms with Gasteiger partial charge in [-0.25, -0.2) is 4.79 Å². The van der Waals surface area contributed by atoms with Gasteiger partial charge >= 0.3 is 5.97 Å². The normalized spacial score (nSPS) is 10.8. The Morgan fingerprint density at radius 2 is 1.70 bits per heavy atom. The van der Waals surface area contributed by atoms with Gasteiger partial charge in [0.25, 0.3) is 0 Å². The molecule has 0 saturated carbocycles. The summed E-state index contributed by atoms with van der Waals surface area (Å²) in [6, 6.07) is 17.2. The van der Waals surface area contributed by atoms with E-state index in [1.807, 2.05) is 54.6 Å². The van der Waals surface area contributed by atoms with E-state index < -0.39 is 5.97 Å². The van der Waals surface area contributed by atoms with Crippen LogP contribution in [0.25, 0.3) is 10.9 Å². The maximum Gasteiger partial charge on any atom is 0.354 e. The van der Waals surface area contributed by atoms with Crippen molar-refractivity contribution in [1.29, 1.82) is 0 Å². The van der Waals surface area contributed by atoms with E-state index in [9.17, 15) is 9.90 Å².